The molecule has 1 unspecified atom stereocenters. The molecule has 0 aromatic rings. The van der Waals surface area contributed by atoms with Crippen molar-refractivity contribution in [3.05, 3.63) is 0 Å². The summed E-state index contributed by atoms with van der Waals surface area (Å²) in [6, 6.07) is 0. The van der Waals surface area contributed by atoms with Crippen molar-refractivity contribution in [1.29, 1.82) is 0 Å². The lowest BCUT2D eigenvalue weighted by atomic mass is 9.67. The topological polar surface area (TPSA) is 54.9 Å². The Labute approximate surface area is 122 Å². The highest BCUT2D eigenvalue weighted by Gasteiger charge is 2.36. The third kappa shape index (κ3) is 4.35. The quantitative estimate of drug-likeness (QED) is 0.550. The van der Waals surface area contributed by atoms with Gasteiger partial charge in [0.05, 0.1) is 6.10 Å². The number of hydrogen-bond donors (Lipinski definition) is 2. The summed E-state index contributed by atoms with van der Waals surface area (Å²) in [5, 5.41) is 6.84. The molecule has 2 aliphatic rings. The molecule has 2 N–H and O–H groups in total. The van der Waals surface area contributed by atoms with Gasteiger partial charge in [-0.1, -0.05) is 6.42 Å². The van der Waals surface area contributed by atoms with Crippen molar-refractivity contribution in [3.8, 4) is 0 Å². The van der Waals surface area contributed by atoms with E-state index in [4.69, 9.17) is 9.47 Å². The van der Waals surface area contributed by atoms with Gasteiger partial charge in [0.2, 0.25) is 0 Å². The van der Waals surface area contributed by atoms with E-state index in [1.54, 1.807) is 7.11 Å². The third-order valence-electron chi connectivity index (χ3n) is 4.63. The highest BCUT2D eigenvalue weighted by Crippen LogP contribution is 2.43. The van der Waals surface area contributed by atoms with Gasteiger partial charge in [-0.2, -0.15) is 0 Å². The fourth-order valence-corrected chi connectivity index (χ4v) is 3.02. The number of nitrogens with zero attached hydrogens (tertiary/aromatic N) is 1. The molecule has 0 amide bonds. The van der Waals surface area contributed by atoms with Crippen molar-refractivity contribution in [2.24, 2.45) is 10.4 Å². The Morgan fingerprint density at radius 1 is 1.35 bits per heavy atom. The van der Waals surface area contributed by atoms with E-state index in [0.29, 0.717) is 11.5 Å². The van der Waals surface area contributed by atoms with Crippen molar-refractivity contribution in [2.45, 2.75) is 44.6 Å². The van der Waals surface area contributed by atoms with E-state index < -0.39 is 0 Å². The van der Waals surface area contributed by atoms with Crippen LogP contribution in [0.1, 0.15) is 38.5 Å². The van der Waals surface area contributed by atoms with E-state index in [2.05, 4.69) is 15.6 Å². The van der Waals surface area contributed by atoms with Crippen molar-refractivity contribution >= 4 is 5.96 Å². The van der Waals surface area contributed by atoms with Gasteiger partial charge in [0.15, 0.2) is 5.96 Å². The van der Waals surface area contributed by atoms with Gasteiger partial charge >= 0.3 is 0 Å². The minimum absolute atomic E-state index is 0.347. The SMILES string of the molecule is CN=C(NCC1CCCO1)NCC1(CCOC)CCC1. The van der Waals surface area contributed by atoms with Gasteiger partial charge in [0.25, 0.3) is 0 Å². The average molecular weight is 283 g/mol. The van der Waals surface area contributed by atoms with Crippen LogP contribution in [0.25, 0.3) is 0 Å². The average Bonchev–Trinajstić information content (AvgIpc) is 2.93. The Bertz CT molecular complexity index is 310. The molecule has 0 aromatic heterocycles. The maximum absolute atomic E-state index is 5.62. The minimum Gasteiger partial charge on any atom is -0.385 e. The molecule has 1 saturated carbocycles. The highest BCUT2D eigenvalue weighted by molar-refractivity contribution is 5.79. The zero-order valence-corrected chi connectivity index (χ0v) is 12.9. The lowest BCUT2D eigenvalue weighted by molar-refractivity contribution is 0.0731. The summed E-state index contributed by atoms with van der Waals surface area (Å²) < 4.78 is 10.8. The van der Waals surface area contributed by atoms with Crippen molar-refractivity contribution in [1.82, 2.24) is 10.6 Å². The zero-order chi connectivity index (χ0) is 14.3. The van der Waals surface area contributed by atoms with Crippen LogP contribution < -0.4 is 10.6 Å². The van der Waals surface area contributed by atoms with Gasteiger partial charge in [0.1, 0.15) is 0 Å². The second-order valence-corrected chi connectivity index (χ2v) is 6.04. The maximum atomic E-state index is 5.62. The van der Waals surface area contributed by atoms with Crippen molar-refractivity contribution in [2.75, 3.05) is 40.5 Å². The second kappa shape index (κ2) is 7.84. The molecule has 1 aliphatic carbocycles. The van der Waals surface area contributed by atoms with Crippen LogP contribution in [0.4, 0.5) is 0 Å². The number of rotatable bonds is 7. The van der Waals surface area contributed by atoms with Gasteiger partial charge < -0.3 is 20.1 Å². The standard InChI is InChI=1S/C15H29N3O2/c1-16-14(17-11-13-5-3-9-20-13)18-12-15(6-4-7-15)8-10-19-2/h13H,3-12H2,1-2H3,(H2,16,17,18). The van der Waals surface area contributed by atoms with Crippen LogP contribution in [0.2, 0.25) is 0 Å². The molecule has 5 heteroatoms. The molecule has 2 rings (SSSR count). The van der Waals surface area contributed by atoms with Gasteiger partial charge in [-0.3, -0.25) is 4.99 Å². The second-order valence-electron chi connectivity index (χ2n) is 6.04. The van der Waals surface area contributed by atoms with E-state index in [0.717, 1.165) is 45.1 Å². The Morgan fingerprint density at radius 2 is 2.20 bits per heavy atom. The van der Waals surface area contributed by atoms with Gasteiger partial charge in [-0.15, -0.1) is 0 Å². The van der Waals surface area contributed by atoms with Gasteiger partial charge in [-0.25, -0.2) is 0 Å². The molecular weight excluding hydrogens is 254 g/mol. The van der Waals surface area contributed by atoms with Crippen molar-refractivity contribution < 1.29 is 9.47 Å². The number of aliphatic imine (C=N–C) groups is 1. The first-order chi connectivity index (χ1) is 9.78. The van der Waals surface area contributed by atoms with Crippen LogP contribution in [0.3, 0.4) is 0 Å². The fourth-order valence-electron chi connectivity index (χ4n) is 3.02. The number of ether oxygens (including phenoxy) is 2. The van der Waals surface area contributed by atoms with E-state index in [9.17, 15) is 0 Å². The maximum Gasteiger partial charge on any atom is 0.191 e. The first kappa shape index (κ1) is 15.6. The molecule has 1 atom stereocenters. The summed E-state index contributed by atoms with van der Waals surface area (Å²) in [4.78, 5) is 4.30. The van der Waals surface area contributed by atoms with Gasteiger partial charge in [0, 0.05) is 40.5 Å². The van der Waals surface area contributed by atoms with E-state index >= 15 is 0 Å². The number of hydrogen-bond acceptors (Lipinski definition) is 3. The number of nitrogens with one attached hydrogen (secondary N) is 2. The predicted molar refractivity (Wildman–Crippen MR) is 81.1 cm³/mol. The first-order valence-corrected chi connectivity index (χ1v) is 7.83. The lowest BCUT2D eigenvalue weighted by Gasteiger charge is -2.42. The lowest BCUT2D eigenvalue weighted by Crippen LogP contribution is -2.48. The molecule has 0 bridgehead atoms. The molecule has 1 saturated heterocycles. The van der Waals surface area contributed by atoms with Crippen LogP contribution in [-0.4, -0.2) is 52.5 Å². The summed E-state index contributed by atoms with van der Waals surface area (Å²) in [6.45, 7) is 3.59. The summed E-state index contributed by atoms with van der Waals surface area (Å²) >= 11 is 0. The van der Waals surface area contributed by atoms with Gasteiger partial charge in [-0.05, 0) is 37.5 Å². The number of guanidine groups is 1. The molecule has 0 aromatic carbocycles. The van der Waals surface area contributed by atoms with E-state index in [1.165, 1.54) is 25.7 Å². The Morgan fingerprint density at radius 3 is 2.75 bits per heavy atom. The molecule has 1 aliphatic heterocycles. The fraction of sp³-hybridized carbons (Fsp3) is 0.933. The predicted octanol–water partition coefficient (Wildman–Crippen LogP) is 1.54. The van der Waals surface area contributed by atoms with Crippen molar-refractivity contribution in [3.63, 3.8) is 0 Å². The molecule has 116 valence electrons. The van der Waals surface area contributed by atoms with E-state index in [-0.39, 0.29) is 0 Å². The van der Waals surface area contributed by atoms with E-state index in [1.807, 2.05) is 7.05 Å². The molecule has 0 spiro atoms. The van der Waals surface area contributed by atoms with Crippen LogP contribution in [0, 0.1) is 5.41 Å². The Hall–Kier alpha value is -0.810. The summed E-state index contributed by atoms with van der Waals surface area (Å²) in [5.74, 6) is 0.893. The molecule has 5 nitrogen and oxygen atoms in total. The van der Waals surface area contributed by atoms with Crippen LogP contribution in [-0.2, 0) is 9.47 Å². The number of methoxy groups -OCH3 is 1. The highest BCUT2D eigenvalue weighted by atomic mass is 16.5. The van der Waals surface area contributed by atoms with Crippen LogP contribution in [0.5, 0.6) is 0 Å². The Kier molecular flexibility index (Phi) is 6.10. The third-order valence-corrected chi connectivity index (χ3v) is 4.63. The van der Waals surface area contributed by atoms with Crippen LogP contribution >= 0.6 is 0 Å². The molecule has 2 fully saturated rings. The largest absolute Gasteiger partial charge is 0.385 e. The summed E-state index contributed by atoms with van der Waals surface area (Å²) in [5.41, 5.74) is 0.414. The molecule has 0 radical (unpaired) electrons. The monoisotopic (exact) mass is 283 g/mol. The van der Waals surface area contributed by atoms with Crippen LogP contribution in [0.15, 0.2) is 4.99 Å². The molecular formula is C15H29N3O2. The normalized spacial score (nSPS) is 25.3. The summed E-state index contributed by atoms with van der Waals surface area (Å²) in [6.07, 6.45) is 7.75. The Balaban J connectivity index is 1.69. The molecule has 1 heterocycles. The zero-order valence-electron chi connectivity index (χ0n) is 12.9. The smallest absolute Gasteiger partial charge is 0.191 e. The minimum atomic E-state index is 0.347. The first-order valence-electron chi connectivity index (χ1n) is 7.83. The molecule has 20 heavy (non-hydrogen) atoms. The summed E-state index contributed by atoms with van der Waals surface area (Å²) in [7, 11) is 3.61.